The zero-order valence-electron chi connectivity index (χ0n) is 10.1. The second-order valence-corrected chi connectivity index (χ2v) is 4.26. The third-order valence-corrected chi connectivity index (χ3v) is 2.52. The summed E-state index contributed by atoms with van der Waals surface area (Å²) in [6.07, 6.45) is 1.72. The van der Waals surface area contributed by atoms with Crippen LogP contribution in [0.25, 0.3) is 0 Å². The Hall–Kier alpha value is -1.74. The fraction of sp³-hybridized carbons (Fsp3) is 0.214. The number of hydrogen-bond acceptors (Lipinski definition) is 3. The highest BCUT2D eigenvalue weighted by Crippen LogP contribution is 2.17. The predicted molar refractivity (Wildman–Crippen MR) is 71.4 cm³/mol. The van der Waals surface area contributed by atoms with E-state index in [1.165, 1.54) is 0 Å². The third kappa shape index (κ3) is 3.93. The molecule has 1 aromatic carbocycles. The minimum Gasteiger partial charge on any atom is -0.490 e. The lowest BCUT2D eigenvalue weighted by Gasteiger charge is -2.08. The molecule has 2 rings (SSSR count). The Morgan fingerprint density at radius 1 is 1.11 bits per heavy atom. The molecule has 18 heavy (non-hydrogen) atoms. The van der Waals surface area contributed by atoms with E-state index in [0.29, 0.717) is 24.1 Å². The molecule has 0 aliphatic rings. The van der Waals surface area contributed by atoms with Gasteiger partial charge < -0.3 is 9.47 Å². The van der Waals surface area contributed by atoms with E-state index in [-0.39, 0.29) is 0 Å². The predicted octanol–water partition coefficient (Wildman–Crippen LogP) is 3.50. The molecule has 2 aromatic rings. The van der Waals surface area contributed by atoms with E-state index in [0.717, 1.165) is 11.3 Å². The average molecular weight is 264 g/mol. The number of nitrogens with zero attached hydrogens (tertiary/aromatic N) is 1. The monoisotopic (exact) mass is 263 g/mol. The number of pyridine rings is 1. The Balaban J connectivity index is 1.76. The average Bonchev–Trinajstić information content (AvgIpc) is 2.35. The molecule has 0 spiro atoms. The van der Waals surface area contributed by atoms with E-state index >= 15 is 0 Å². The molecule has 0 atom stereocenters. The fourth-order valence-electron chi connectivity index (χ4n) is 1.45. The number of halogens is 1. The largest absolute Gasteiger partial charge is 0.490 e. The van der Waals surface area contributed by atoms with Gasteiger partial charge in [-0.2, -0.15) is 0 Å². The topological polar surface area (TPSA) is 31.4 Å². The van der Waals surface area contributed by atoms with E-state index in [9.17, 15) is 0 Å². The summed E-state index contributed by atoms with van der Waals surface area (Å²) in [5.41, 5.74) is 1.12. The second kappa shape index (κ2) is 6.26. The van der Waals surface area contributed by atoms with Gasteiger partial charge in [0.2, 0.25) is 5.88 Å². The lowest BCUT2D eigenvalue weighted by atomic mass is 10.3. The van der Waals surface area contributed by atoms with Crippen LogP contribution in [0.3, 0.4) is 0 Å². The highest BCUT2D eigenvalue weighted by atomic mass is 35.5. The lowest BCUT2D eigenvalue weighted by molar-refractivity contribution is 0.212. The molecule has 0 fully saturated rings. The summed E-state index contributed by atoms with van der Waals surface area (Å²) in [5.74, 6) is 1.35. The summed E-state index contributed by atoms with van der Waals surface area (Å²) in [7, 11) is 0. The molecule has 94 valence electrons. The van der Waals surface area contributed by atoms with Crippen LogP contribution >= 0.6 is 11.6 Å². The first-order valence-electron chi connectivity index (χ1n) is 5.68. The molecular formula is C14H14ClNO2. The molecule has 0 bridgehead atoms. The molecule has 4 heteroatoms. The molecule has 0 radical (unpaired) electrons. The van der Waals surface area contributed by atoms with Gasteiger partial charge in [-0.05, 0) is 36.8 Å². The van der Waals surface area contributed by atoms with Crippen LogP contribution in [0.1, 0.15) is 5.56 Å². The summed E-state index contributed by atoms with van der Waals surface area (Å²) >= 11 is 5.85. The maximum atomic E-state index is 5.85. The Kier molecular flexibility index (Phi) is 4.42. The van der Waals surface area contributed by atoms with Crippen LogP contribution in [0, 0.1) is 6.92 Å². The summed E-state index contributed by atoms with van der Waals surface area (Å²) in [6, 6.07) is 11.1. The summed E-state index contributed by atoms with van der Waals surface area (Å²) in [6.45, 7) is 2.90. The number of rotatable bonds is 5. The molecule has 1 heterocycles. The van der Waals surface area contributed by atoms with Gasteiger partial charge >= 0.3 is 0 Å². The quantitative estimate of drug-likeness (QED) is 0.774. The minimum absolute atomic E-state index is 0.447. The third-order valence-electron chi connectivity index (χ3n) is 2.29. The number of hydrogen-bond donors (Lipinski definition) is 0. The fourth-order valence-corrected chi connectivity index (χ4v) is 1.63. The van der Waals surface area contributed by atoms with E-state index in [4.69, 9.17) is 21.1 Å². The number of benzene rings is 1. The van der Waals surface area contributed by atoms with Gasteiger partial charge in [0.15, 0.2) is 0 Å². The van der Waals surface area contributed by atoms with Crippen LogP contribution < -0.4 is 9.47 Å². The van der Waals surface area contributed by atoms with Crippen molar-refractivity contribution in [2.45, 2.75) is 6.92 Å². The zero-order valence-corrected chi connectivity index (χ0v) is 10.9. The van der Waals surface area contributed by atoms with Crippen LogP contribution in [0.2, 0.25) is 5.02 Å². The van der Waals surface area contributed by atoms with Crippen molar-refractivity contribution in [2.24, 2.45) is 0 Å². The van der Waals surface area contributed by atoms with Crippen molar-refractivity contribution in [3.8, 4) is 11.6 Å². The summed E-state index contributed by atoms with van der Waals surface area (Å²) in [5, 5.41) is 0.661. The Morgan fingerprint density at radius 3 is 2.72 bits per heavy atom. The number of ether oxygens (including phenoxy) is 2. The van der Waals surface area contributed by atoms with Crippen LogP contribution in [-0.4, -0.2) is 18.2 Å². The van der Waals surface area contributed by atoms with Crippen molar-refractivity contribution in [1.82, 2.24) is 4.98 Å². The Morgan fingerprint density at radius 2 is 1.94 bits per heavy atom. The minimum atomic E-state index is 0.447. The summed E-state index contributed by atoms with van der Waals surface area (Å²) in [4.78, 5) is 4.10. The van der Waals surface area contributed by atoms with Crippen LogP contribution in [0.5, 0.6) is 11.6 Å². The molecule has 1 aromatic heterocycles. The standard InChI is InChI=1S/C14H14ClNO2/c1-11-5-6-16-14(9-11)18-8-7-17-13-4-2-3-12(15)10-13/h2-6,9-10H,7-8H2,1H3. The van der Waals surface area contributed by atoms with Gasteiger partial charge in [0.1, 0.15) is 19.0 Å². The molecular weight excluding hydrogens is 250 g/mol. The molecule has 0 saturated heterocycles. The van der Waals surface area contributed by atoms with Crippen molar-refractivity contribution < 1.29 is 9.47 Å². The van der Waals surface area contributed by atoms with Crippen molar-refractivity contribution in [3.63, 3.8) is 0 Å². The van der Waals surface area contributed by atoms with Crippen molar-refractivity contribution in [2.75, 3.05) is 13.2 Å². The van der Waals surface area contributed by atoms with Crippen molar-refractivity contribution >= 4 is 11.6 Å². The highest BCUT2D eigenvalue weighted by molar-refractivity contribution is 6.30. The van der Waals surface area contributed by atoms with E-state index in [2.05, 4.69) is 4.98 Å². The van der Waals surface area contributed by atoms with Gasteiger partial charge in [0.05, 0.1) is 0 Å². The molecule has 0 unspecified atom stereocenters. The first kappa shape index (κ1) is 12.7. The van der Waals surface area contributed by atoms with Crippen LogP contribution in [0.4, 0.5) is 0 Å². The normalized spacial score (nSPS) is 10.1. The maximum absolute atomic E-state index is 5.85. The van der Waals surface area contributed by atoms with Gasteiger partial charge in [0.25, 0.3) is 0 Å². The maximum Gasteiger partial charge on any atom is 0.213 e. The lowest BCUT2D eigenvalue weighted by Crippen LogP contribution is -2.09. The molecule has 0 aliphatic heterocycles. The molecule has 0 saturated carbocycles. The van der Waals surface area contributed by atoms with E-state index in [1.54, 1.807) is 12.3 Å². The molecule has 0 N–H and O–H groups in total. The van der Waals surface area contributed by atoms with Gasteiger partial charge in [-0.25, -0.2) is 4.98 Å². The van der Waals surface area contributed by atoms with Gasteiger partial charge in [0, 0.05) is 17.3 Å². The Labute approximate surface area is 111 Å². The first-order chi connectivity index (χ1) is 8.74. The molecule has 3 nitrogen and oxygen atoms in total. The van der Waals surface area contributed by atoms with Crippen LogP contribution in [-0.2, 0) is 0 Å². The van der Waals surface area contributed by atoms with Gasteiger partial charge in [-0.3, -0.25) is 0 Å². The van der Waals surface area contributed by atoms with E-state index < -0.39 is 0 Å². The number of aromatic nitrogens is 1. The molecule has 0 amide bonds. The zero-order chi connectivity index (χ0) is 12.8. The van der Waals surface area contributed by atoms with Crippen molar-refractivity contribution in [3.05, 3.63) is 53.2 Å². The van der Waals surface area contributed by atoms with Gasteiger partial charge in [-0.15, -0.1) is 0 Å². The molecule has 0 aliphatic carbocycles. The van der Waals surface area contributed by atoms with Gasteiger partial charge in [-0.1, -0.05) is 17.7 Å². The van der Waals surface area contributed by atoms with E-state index in [1.807, 2.05) is 37.3 Å². The SMILES string of the molecule is Cc1ccnc(OCCOc2cccc(Cl)c2)c1. The summed E-state index contributed by atoms with van der Waals surface area (Å²) < 4.78 is 11.0. The first-order valence-corrected chi connectivity index (χ1v) is 6.06. The smallest absolute Gasteiger partial charge is 0.213 e. The Bertz CT molecular complexity index is 469. The highest BCUT2D eigenvalue weighted by Gasteiger charge is 1.97. The van der Waals surface area contributed by atoms with Crippen LogP contribution in [0.15, 0.2) is 42.6 Å². The second-order valence-electron chi connectivity index (χ2n) is 3.83. The number of aryl methyl sites for hydroxylation is 1. The van der Waals surface area contributed by atoms with Crippen molar-refractivity contribution in [1.29, 1.82) is 0 Å².